The van der Waals surface area contributed by atoms with E-state index in [9.17, 15) is 18.4 Å². The molecule has 142 valence electrons. The third-order valence-corrected chi connectivity index (χ3v) is 4.32. The van der Waals surface area contributed by atoms with E-state index in [0.29, 0.717) is 13.0 Å². The molecule has 0 aromatic carbocycles. The second-order valence-corrected chi connectivity index (χ2v) is 7.51. The van der Waals surface area contributed by atoms with Gasteiger partial charge in [0, 0.05) is 12.7 Å². The van der Waals surface area contributed by atoms with Crippen LogP contribution in [-0.4, -0.2) is 43.7 Å². The van der Waals surface area contributed by atoms with E-state index in [1.165, 1.54) is 21.7 Å². The van der Waals surface area contributed by atoms with E-state index < -0.39 is 36.3 Å². The number of carbonyl (C=O) groups excluding carboxylic acids is 1. The number of fused-ring (bicyclic) bond motifs is 1. The van der Waals surface area contributed by atoms with Crippen LogP contribution >= 0.6 is 11.6 Å². The number of carbonyl (C=O) groups is 1. The Balaban J connectivity index is 2.03. The summed E-state index contributed by atoms with van der Waals surface area (Å²) in [5, 5.41) is 4.41. The summed E-state index contributed by atoms with van der Waals surface area (Å²) in [4.78, 5) is 26.4. The molecule has 0 bridgehead atoms. The Morgan fingerprint density at radius 2 is 2.15 bits per heavy atom. The SMILES string of the molecule is CC(C)(C)OC(=O)N1CCC1c1nn2ccc(Cl)c2c(=O)n1CC(F)F. The molecule has 3 rings (SSSR count). The zero-order valence-electron chi connectivity index (χ0n) is 14.6. The minimum Gasteiger partial charge on any atom is -0.444 e. The first kappa shape index (κ1) is 18.6. The highest BCUT2D eigenvalue weighted by atomic mass is 35.5. The molecule has 1 atom stereocenters. The first-order valence-corrected chi connectivity index (χ1v) is 8.51. The smallest absolute Gasteiger partial charge is 0.410 e. The van der Waals surface area contributed by atoms with Gasteiger partial charge in [0.2, 0.25) is 0 Å². The van der Waals surface area contributed by atoms with Crippen molar-refractivity contribution >= 4 is 23.2 Å². The highest BCUT2D eigenvalue weighted by Gasteiger charge is 2.39. The van der Waals surface area contributed by atoms with E-state index in [1.54, 1.807) is 20.8 Å². The van der Waals surface area contributed by atoms with Gasteiger partial charge in [-0.15, -0.1) is 0 Å². The predicted octanol–water partition coefficient (Wildman–Crippen LogP) is 3.10. The molecule has 10 heteroatoms. The van der Waals surface area contributed by atoms with Crippen LogP contribution in [0.25, 0.3) is 5.52 Å². The summed E-state index contributed by atoms with van der Waals surface area (Å²) in [6, 6.07) is 0.857. The molecule has 0 spiro atoms. The summed E-state index contributed by atoms with van der Waals surface area (Å²) in [6.07, 6.45) is -1.35. The summed E-state index contributed by atoms with van der Waals surface area (Å²) in [5.74, 6) is 0.0900. The molecule has 1 saturated heterocycles. The van der Waals surface area contributed by atoms with E-state index in [0.717, 1.165) is 4.57 Å². The predicted molar refractivity (Wildman–Crippen MR) is 90.8 cm³/mol. The van der Waals surface area contributed by atoms with Crippen LogP contribution in [-0.2, 0) is 11.3 Å². The summed E-state index contributed by atoms with van der Waals surface area (Å²) in [7, 11) is 0. The number of hydrogen-bond acceptors (Lipinski definition) is 4. The maximum absolute atomic E-state index is 13.0. The van der Waals surface area contributed by atoms with E-state index in [-0.39, 0.29) is 16.4 Å². The first-order chi connectivity index (χ1) is 12.1. The number of rotatable bonds is 3. The van der Waals surface area contributed by atoms with Crippen molar-refractivity contribution in [1.29, 1.82) is 0 Å². The lowest BCUT2D eigenvalue weighted by molar-refractivity contribution is -0.00908. The molecule has 1 aliphatic heterocycles. The van der Waals surface area contributed by atoms with Crippen LogP contribution in [0.5, 0.6) is 0 Å². The average molecular weight is 389 g/mol. The number of amides is 1. The summed E-state index contributed by atoms with van der Waals surface area (Å²) in [5.41, 5.74) is -1.33. The van der Waals surface area contributed by atoms with Crippen LogP contribution in [0.4, 0.5) is 13.6 Å². The lowest BCUT2D eigenvalue weighted by atomic mass is 10.0. The van der Waals surface area contributed by atoms with E-state index in [4.69, 9.17) is 16.3 Å². The van der Waals surface area contributed by atoms with Crippen molar-refractivity contribution in [2.75, 3.05) is 6.54 Å². The molecule has 2 aromatic heterocycles. The molecule has 0 saturated carbocycles. The van der Waals surface area contributed by atoms with E-state index in [1.807, 2.05) is 0 Å². The maximum atomic E-state index is 13.0. The molecule has 7 nitrogen and oxygen atoms in total. The number of ether oxygens (including phenoxy) is 1. The number of nitrogens with zero attached hydrogens (tertiary/aromatic N) is 4. The Labute approximate surface area is 153 Å². The third-order valence-electron chi connectivity index (χ3n) is 4.02. The zero-order valence-corrected chi connectivity index (χ0v) is 15.3. The Morgan fingerprint density at radius 3 is 2.69 bits per heavy atom. The van der Waals surface area contributed by atoms with Gasteiger partial charge >= 0.3 is 6.09 Å². The summed E-state index contributed by atoms with van der Waals surface area (Å²) in [6.45, 7) is 4.78. The van der Waals surface area contributed by atoms with Gasteiger partial charge in [0.25, 0.3) is 12.0 Å². The van der Waals surface area contributed by atoms with E-state index in [2.05, 4.69) is 5.10 Å². The van der Waals surface area contributed by atoms with Crippen LogP contribution in [0.1, 0.15) is 39.1 Å². The molecule has 3 heterocycles. The first-order valence-electron chi connectivity index (χ1n) is 8.14. The highest BCUT2D eigenvalue weighted by Crippen LogP contribution is 2.33. The summed E-state index contributed by atoms with van der Waals surface area (Å²) >= 11 is 5.97. The zero-order chi connectivity index (χ0) is 19.2. The fraction of sp³-hybridized carbons (Fsp3) is 0.562. The molecular formula is C16H19ClF2N4O3. The minimum absolute atomic E-state index is 0.0270. The second kappa shape index (κ2) is 6.53. The molecule has 1 fully saturated rings. The molecular weight excluding hydrogens is 370 g/mol. The lowest BCUT2D eigenvalue weighted by Gasteiger charge is -2.41. The maximum Gasteiger partial charge on any atom is 0.410 e. The fourth-order valence-corrected chi connectivity index (χ4v) is 3.06. The van der Waals surface area contributed by atoms with Crippen LogP contribution in [0.3, 0.4) is 0 Å². The summed E-state index contributed by atoms with van der Waals surface area (Å²) < 4.78 is 33.6. The number of hydrogen-bond donors (Lipinski definition) is 0. The number of alkyl halides is 2. The molecule has 2 aromatic rings. The van der Waals surface area contributed by atoms with Crippen molar-refractivity contribution in [3.05, 3.63) is 33.5 Å². The number of halogens is 3. The van der Waals surface area contributed by atoms with Gasteiger partial charge in [0.05, 0.1) is 17.6 Å². The van der Waals surface area contributed by atoms with Gasteiger partial charge in [0.1, 0.15) is 11.1 Å². The van der Waals surface area contributed by atoms with Crippen molar-refractivity contribution in [1.82, 2.24) is 19.1 Å². The van der Waals surface area contributed by atoms with Gasteiger partial charge in [-0.3, -0.25) is 14.3 Å². The monoisotopic (exact) mass is 388 g/mol. The molecule has 0 radical (unpaired) electrons. The van der Waals surface area contributed by atoms with Gasteiger partial charge in [-0.25, -0.2) is 18.1 Å². The highest BCUT2D eigenvalue weighted by molar-refractivity contribution is 6.33. The lowest BCUT2D eigenvalue weighted by Crippen LogP contribution is -2.49. The van der Waals surface area contributed by atoms with Crippen molar-refractivity contribution in [3.63, 3.8) is 0 Å². The van der Waals surface area contributed by atoms with Crippen LogP contribution < -0.4 is 5.56 Å². The quantitative estimate of drug-likeness (QED) is 0.810. The van der Waals surface area contributed by atoms with Crippen LogP contribution in [0.15, 0.2) is 17.1 Å². The van der Waals surface area contributed by atoms with Crippen molar-refractivity contribution in [2.45, 2.75) is 51.8 Å². The molecule has 1 unspecified atom stereocenters. The molecule has 1 aliphatic rings. The van der Waals surface area contributed by atoms with Crippen molar-refractivity contribution < 1.29 is 18.3 Å². The Bertz CT molecular complexity index is 903. The Hall–Kier alpha value is -2.16. The van der Waals surface area contributed by atoms with Crippen LogP contribution in [0.2, 0.25) is 5.02 Å². The van der Waals surface area contributed by atoms with Gasteiger partial charge in [-0.2, -0.15) is 5.10 Å². The molecule has 26 heavy (non-hydrogen) atoms. The number of aromatic nitrogens is 3. The standard InChI is InChI=1S/C16H19ClF2N4O3/c1-16(2,3)26-15(25)21-6-5-10(21)13-20-23-7-4-9(17)12(23)14(24)22(13)8-11(18)19/h4,7,10-11H,5-6,8H2,1-3H3. The van der Waals surface area contributed by atoms with E-state index >= 15 is 0 Å². The van der Waals surface area contributed by atoms with Crippen molar-refractivity contribution in [2.24, 2.45) is 0 Å². The topological polar surface area (TPSA) is 68.8 Å². The average Bonchev–Trinajstić information content (AvgIpc) is 2.80. The van der Waals surface area contributed by atoms with Gasteiger partial charge < -0.3 is 4.74 Å². The van der Waals surface area contributed by atoms with Crippen LogP contribution in [0, 0.1) is 0 Å². The van der Waals surface area contributed by atoms with Gasteiger partial charge in [-0.05, 0) is 33.3 Å². The number of likely N-dealkylation sites (tertiary alicyclic amines) is 1. The largest absolute Gasteiger partial charge is 0.444 e. The Morgan fingerprint density at radius 1 is 1.46 bits per heavy atom. The normalized spacial score (nSPS) is 17.7. The van der Waals surface area contributed by atoms with Gasteiger partial charge in [-0.1, -0.05) is 11.6 Å². The van der Waals surface area contributed by atoms with Gasteiger partial charge in [0.15, 0.2) is 5.82 Å². The molecule has 1 amide bonds. The minimum atomic E-state index is -2.75. The molecule has 0 N–H and O–H groups in total. The third kappa shape index (κ3) is 3.40. The van der Waals surface area contributed by atoms with Crippen molar-refractivity contribution in [3.8, 4) is 0 Å². The fourth-order valence-electron chi connectivity index (χ4n) is 2.83. The molecule has 0 aliphatic carbocycles. The Kier molecular flexibility index (Phi) is 4.68. The second-order valence-electron chi connectivity index (χ2n) is 7.10.